The second-order valence-electron chi connectivity index (χ2n) is 10.0. The quantitative estimate of drug-likeness (QED) is 0.208. The molecule has 3 aliphatic rings. The molecule has 2 bridgehead atoms. The van der Waals surface area contributed by atoms with Gasteiger partial charge in [-0.3, -0.25) is 14.4 Å². The van der Waals surface area contributed by atoms with Gasteiger partial charge in [0.05, 0.1) is 29.8 Å². The number of esters is 1. The molecule has 0 aromatic rings. The first-order valence-electron chi connectivity index (χ1n) is 13.1. The van der Waals surface area contributed by atoms with Gasteiger partial charge < -0.3 is 19.6 Å². The van der Waals surface area contributed by atoms with Gasteiger partial charge >= 0.3 is 5.97 Å². The van der Waals surface area contributed by atoms with Gasteiger partial charge in [-0.2, -0.15) is 0 Å². The Morgan fingerprint density at radius 1 is 1.26 bits per heavy atom. The van der Waals surface area contributed by atoms with Crippen LogP contribution in [0.15, 0.2) is 25.3 Å². The molecule has 35 heavy (non-hydrogen) atoms. The van der Waals surface area contributed by atoms with Gasteiger partial charge in [0.15, 0.2) is 0 Å². The maximum Gasteiger partial charge on any atom is 0.310 e. The summed E-state index contributed by atoms with van der Waals surface area (Å²) in [6.45, 7) is 13.0. The number of thioether (sulfide) groups is 1. The van der Waals surface area contributed by atoms with E-state index < -0.39 is 22.6 Å². The van der Waals surface area contributed by atoms with E-state index in [0.29, 0.717) is 19.7 Å². The molecule has 0 aromatic carbocycles. The number of aliphatic hydroxyl groups excluding tert-OH is 1. The second-order valence-corrected chi connectivity index (χ2v) is 11.6. The fourth-order valence-corrected chi connectivity index (χ4v) is 8.65. The smallest absolute Gasteiger partial charge is 0.310 e. The summed E-state index contributed by atoms with van der Waals surface area (Å²) in [4.78, 5) is 44.4. The Hall–Kier alpha value is -1.80. The fourth-order valence-electron chi connectivity index (χ4n) is 6.25. The van der Waals surface area contributed by atoms with Crippen molar-refractivity contribution in [2.75, 3.05) is 32.8 Å². The van der Waals surface area contributed by atoms with Gasteiger partial charge in [-0.1, -0.05) is 38.8 Å². The number of rotatable bonds is 15. The van der Waals surface area contributed by atoms with Crippen molar-refractivity contribution in [3.63, 3.8) is 0 Å². The van der Waals surface area contributed by atoms with Crippen LogP contribution in [-0.4, -0.2) is 81.6 Å². The molecule has 1 N–H and O–H groups in total. The molecular formula is C27H42N2O5S. The highest BCUT2D eigenvalue weighted by Crippen LogP contribution is 2.68. The minimum atomic E-state index is -0.691. The van der Waals surface area contributed by atoms with E-state index in [4.69, 9.17) is 4.74 Å². The third-order valence-electron chi connectivity index (χ3n) is 7.83. The van der Waals surface area contributed by atoms with Gasteiger partial charge in [0, 0.05) is 24.9 Å². The molecule has 8 heteroatoms. The summed E-state index contributed by atoms with van der Waals surface area (Å²) < 4.78 is 4.96. The highest BCUT2D eigenvalue weighted by atomic mass is 32.2. The average molecular weight is 507 g/mol. The number of fused-ring (bicyclic) bond motifs is 1. The lowest BCUT2D eigenvalue weighted by atomic mass is 9.66. The molecule has 3 aliphatic heterocycles. The Labute approximate surface area is 214 Å². The molecule has 0 aromatic heterocycles. The minimum absolute atomic E-state index is 0.0286. The summed E-state index contributed by atoms with van der Waals surface area (Å²) in [5.41, 5.74) is 0. The van der Waals surface area contributed by atoms with Crippen LogP contribution in [0.2, 0.25) is 0 Å². The maximum absolute atomic E-state index is 14.0. The predicted octanol–water partition coefficient (Wildman–Crippen LogP) is 3.42. The van der Waals surface area contributed by atoms with E-state index in [1.165, 1.54) is 0 Å². The first-order chi connectivity index (χ1) is 16.9. The molecule has 6 atom stereocenters. The number of β-amino-alcohol motifs (C(OH)–C–C–N with tert-alkyl or cyclic N) is 1. The van der Waals surface area contributed by atoms with Gasteiger partial charge in [0.1, 0.15) is 6.04 Å². The number of unbranched alkanes of at least 4 members (excludes halogenated alkanes) is 4. The molecule has 7 nitrogen and oxygen atoms in total. The number of nitrogens with zero attached hydrogens (tertiary/aromatic N) is 2. The number of ether oxygens (including phenoxy) is 1. The highest BCUT2D eigenvalue weighted by Gasteiger charge is 2.76. The topological polar surface area (TPSA) is 87.1 Å². The Morgan fingerprint density at radius 3 is 2.69 bits per heavy atom. The number of hydrogen-bond donors (Lipinski definition) is 1. The van der Waals surface area contributed by atoms with E-state index >= 15 is 0 Å². The van der Waals surface area contributed by atoms with Crippen molar-refractivity contribution in [3.05, 3.63) is 25.3 Å². The highest BCUT2D eigenvalue weighted by molar-refractivity contribution is 8.02. The number of amides is 2. The van der Waals surface area contributed by atoms with E-state index in [9.17, 15) is 19.5 Å². The molecule has 3 rings (SSSR count). The fraction of sp³-hybridized carbons (Fsp3) is 0.741. The normalized spacial score (nSPS) is 30.9. The van der Waals surface area contributed by atoms with Gasteiger partial charge in [-0.05, 0) is 38.0 Å². The Kier molecular flexibility index (Phi) is 9.87. The zero-order valence-corrected chi connectivity index (χ0v) is 22.1. The van der Waals surface area contributed by atoms with Crippen LogP contribution < -0.4 is 0 Å². The summed E-state index contributed by atoms with van der Waals surface area (Å²) in [6.07, 6.45) is 9.84. The van der Waals surface area contributed by atoms with E-state index in [0.717, 1.165) is 44.9 Å². The molecule has 3 unspecified atom stereocenters. The number of carbonyl (C=O) groups excluding carboxylic acids is 3. The summed E-state index contributed by atoms with van der Waals surface area (Å²) in [6, 6.07) is -0.691. The van der Waals surface area contributed by atoms with Crippen molar-refractivity contribution in [2.24, 2.45) is 17.8 Å². The van der Waals surface area contributed by atoms with Gasteiger partial charge in [-0.25, -0.2) is 0 Å². The van der Waals surface area contributed by atoms with Crippen molar-refractivity contribution in [1.29, 1.82) is 0 Å². The lowest BCUT2D eigenvalue weighted by Gasteiger charge is -2.40. The molecule has 2 amide bonds. The lowest BCUT2D eigenvalue weighted by molar-refractivity contribution is -0.154. The standard InChI is InChI=1S/C27H42N2O5S/c1-5-8-10-12-17-34-26(33)21-20-18-19(4)27(35-20)22(21)24(31)29(15-16-30)23(27)25(32)28(13-7-3)14-11-9-6-2/h5,7,19-23,30H,1,3,6,8-18H2,2,4H3/t19?,20-,21+,22+,23?,27?/m1/s1. The van der Waals surface area contributed by atoms with E-state index in [1.807, 2.05) is 6.08 Å². The first kappa shape index (κ1) is 27.8. The summed E-state index contributed by atoms with van der Waals surface area (Å²) in [5, 5.41) is 9.75. The van der Waals surface area contributed by atoms with Crippen LogP contribution in [0.1, 0.15) is 58.8 Å². The monoisotopic (exact) mass is 506 g/mol. The van der Waals surface area contributed by atoms with Crippen molar-refractivity contribution in [3.8, 4) is 0 Å². The molecule has 3 fully saturated rings. The molecule has 3 saturated heterocycles. The third kappa shape index (κ3) is 5.19. The molecule has 3 heterocycles. The van der Waals surface area contributed by atoms with Crippen molar-refractivity contribution < 1.29 is 24.2 Å². The van der Waals surface area contributed by atoms with Crippen LogP contribution in [0.3, 0.4) is 0 Å². The first-order valence-corrected chi connectivity index (χ1v) is 14.0. The summed E-state index contributed by atoms with van der Waals surface area (Å²) >= 11 is 1.64. The van der Waals surface area contributed by atoms with Crippen LogP contribution >= 0.6 is 11.8 Å². The number of hydrogen-bond acceptors (Lipinski definition) is 6. The second kappa shape index (κ2) is 12.4. The predicted molar refractivity (Wildman–Crippen MR) is 139 cm³/mol. The summed E-state index contributed by atoms with van der Waals surface area (Å²) in [5.74, 6) is -1.65. The van der Waals surface area contributed by atoms with Crippen LogP contribution in [0.4, 0.5) is 0 Å². The number of aliphatic hydroxyl groups is 1. The van der Waals surface area contributed by atoms with E-state index in [-0.39, 0.29) is 42.1 Å². The number of likely N-dealkylation sites (tertiary alicyclic amines) is 1. The molecule has 0 radical (unpaired) electrons. The third-order valence-corrected chi connectivity index (χ3v) is 9.91. The van der Waals surface area contributed by atoms with Gasteiger partial charge in [0.25, 0.3) is 0 Å². The van der Waals surface area contributed by atoms with Gasteiger partial charge in [0.2, 0.25) is 11.8 Å². The largest absolute Gasteiger partial charge is 0.465 e. The van der Waals surface area contributed by atoms with Crippen LogP contribution in [-0.2, 0) is 19.1 Å². The molecule has 196 valence electrons. The van der Waals surface area contributed by atoms with Crippen molar-refractivity contribution >= 4 is 29.5 Å². The minimum Gasteiger partial charge on any atom is -0.465 e. The van der Waals surface area contributed by atoms with Crippen LogP contribution in [0, 0.1) is 17.8 Å². The van der Waals surface area contributed by atoms with E-state index in [1.54, 1.807) is 27.6 Å². The zero-order chi connectivity index (χ0) is 25.6. The Morgan fingerprint density at radius 2 is 2.03 bits per heavy atom. The van der Waals surface area contributed by atoms with Crippen LogP contribution in [0.25, 0.3) is 0 Å². The Bertz CT molecular complexity index is 804. The van der Waals surface area contributed by atoms with Crippen molar-refractivity contribution in [2.45, 2.75) is 74.8 Å². The lowest BCUT2D eigenvalue weighted by Crippen LogP contribution is -2.57. The van der Waals surface area contributed by atoms with E-state index in [2.05, 4.69) is 27.0 Å². The maximum atomic E-state index is 14.0. The summed E-state index contributed by atoms with van der Waals surface area (Å²) in [7, 11) is 0. The molecular weight excluding hydrogens is 464 g/mol. The molecule has 0 aliphatic carbocycles. The van der Waals surface area contributed by atoms with Crippen molar-refractivity contribution in [1.82, 2.24) is 9.80 Å². The Balaban J connectivity index is 1.88. The van der Waals surface area contributed by atoms with Crippen LogP contribution in [0.5, 0.6) is 0 Å². The average Bonchev–Trinajstić information content (AvgIpc) is 3.42. The van der Waals surface area contributed by atoms with Gasteiger partial charge in [-0.15, -0.1) is 24.9 Å². The SMILES string of the molecule is C=CCCCCOC(=O)[C@@H]1[C@H]2C(=O)N(CCO)C(C(=O)N(CC=C)CCCCC)C23S[C@@H]1CC3C. The molecule has 1 spiro atoms. The molecule has 0 saturated carbocycles. The number of allylic oxidation sites excluding steroid dienone is 1. The number of carbonyl (C=O) groups is 3. The zero-order valence-electron chi connectivity index (χ0n) is 21.3.